The van der Waals surface area contributed by atoms with Crippen molar-refractivity contribution < 1.29 is 27.8 Å². The third-order valence-electron chi connectivity index (χ3n) is 5.28. The number of aliphatic imine (C=N–C) groups is 1. The molecule has 2 aromatic rings. The van der Waals surface area contributed by atoms with Gasteiger partial charge in [-0.2, -0.15) is 13.2 Å². The molecule has 0 aromatic heterocycles. The second-order valence-corrected chi connectivity index (χ2v) is 9.58. The maximum atomic E-state index is 12.9. The van der Waals surface area contributed by atoms with E-state index in [0.717, 1.165) is 28.2 Å². The number of aliphatic carboxylic acids is 1. The Bertz CT molecular complexity index is 1040. The normalized spacial score (nSPS) is 12.0. The van der Waals surface area contributed by atoms with Gasteiger partial charge in [-0.3, -0.25) is 4.79 Å². The summed E-state index contributed by atoms with van der Waals surface area (Å²) in [5, 5.41) is 8.88. The Morgan fingerprint density at radius 2 is 1.72 bits per heavy atom. The van der Waals surface area contributed by atoms with Crippen molar-refractivity contribution in [2.75, 3.05) is 12.4 Å². The summed E-state index contributed by atoms with van der Waals surface area (Å²) in [6.07, 6.45) is -3.82. The minimum Gasteiger partial charge on any atom is -0.481 e. The summed E-state index contributed by atoms with van der Waals surface area (Å²) in [6, 6.07) is 10.7. The lowest BCUT2D eigenvalue weighted by molar-refractivity contribution is -0.138. The van der Waals surface area contributed by atoms with Gasteiger partial charge in [0.05, 0.1) is 12.2 Å². The predicted octanol–water partition coefficient (Wildman–Crippen LogP) is 8.17. The van der Waals surface area contributed by atoms with Crippen molar-refractivity contribution in [3.8, 4) is 0 Å². The van der Waals surface area contributed by atoms with E-state index in [9.17, 15) is 18.0 Å². The van der Waals surface area contributed by atoms with Gasteiger partial charge in [-0.15, -0.1) is 11.8 Å². The second kappa shape index (κ2) is 14.1. The topological polar surface area (TPSA) is 58.9 Å². The molecule has 0 fully saturated rings. The molecule has 4 nitrogen and oxygen atoms in total. The minimum atomic E-state index is -4.41. The molecule has 0 heterocycles. The molecule has 0 saturated heterocycles. The van der Waals surface area contributed by atoms with Crippen LogP contribution in [-0.4, -0.2) is 29.3 Å². The number of alkyl halides is 3. The molecule has 0 aliphatic carbocycles. The molecule has 1 N–H and O–H groups in total. The lowest BCUT2D eigenvalue weighted by atomic mass is 9.93. The minimum absolute atomic E-state index is 0.0965. The van der Waals surface area contributed by atoms with Crippen LogP contribution < -0.4 is 0 Å². The Morgan fingerprint density at radius 1 is 1.11 bits per heavy atom. The maximum Gasteiger partial charge on any atom is 0.416 e. The number of carboxylic acid groups (broad SMARTS) is 1. The van der Waals surface area contributed by atoms with Crippen LogP contribution in [0.4, 0.5) is 13.2 Å². The molecule has 0 radical (unpaired) electrons. The fraction of sp³-hybridized carbons (Fsp3) is 0.429. The smallest absolute Gasteiger partial charge is 0.416 e. The van der Waals surface area contributed by atoms with Crippen LogP contribution in [0.25, 0.3) is 0 Å². The number of rotatable bonds is 10. The van der Waals surface area contributed by atoms with Gasteiger partial charge < -0.3 is 9.84 Å². The number of hydrogen-bond donors (Lipinski definition) is 1. The molecule has 0 aliphatic rings. The van der Waals surface area contributed by atoms with E-state index in [1.807, 2.05) is 52.8 Å². The molecule has 0 spiro atoms. The van der Waals surface area contributed by atoms with E-state index >= 15 is 0 Å². The number of nitrogens with zero attached hydrogens (tertiary/aromatic N) is 1. The van der Waals surface area contributed by atoms with Crippen molar-refractivity contribution in [2.45, 2.75) is 65.5 Å². The maximum absolute atomic E-state index is 12.9. The van der Waals surface area contributed by atoms with Crippen LogP contribution in [0.5, 0.6) is 0 Å². The fourth-order valence-corrected chi connectivity index (χ4v) is 4.14. The van der Waals surface area contributed by atoms with E-state index in [4.69, 9.17) is 9.84 Å². The Kier molecular flexibility index (Phi) is 12.3. The fourth-order valence-electron chi connectivity index (χ4n) is 3.02. The molecule has 0 atom stereocenters. The molecule has 2 aromatic carbocycles. The van der Waals surface area contributed by atoms with Crippen LogP contribution in [0.15, 0.2) is 64.6 Å². The van der Waals surface area contributed by atoms with Gasteiger partial charge in [0.2, 0.25) is 5.90 Å². The highest BCUT2D eigenvalue weighted by Crippen LogP contribution is 2.35. The van der Waals surface area contributed by atoms with E-state index in [-0.39, 0.29) is 12.3 Å². The Morgan fingerprint density at radius 3 is 2.22 bits per heavy atom. The summed E-state index contributed by atoms with van der Waals surface area (Å²) < 4.78 is 44.2. The Labute approximate surface area is 216 Å². The average Bonchev–Trinajstić information content (AvgIpc) is 2.82. The third-order valence-corrected chi connectivity index (χ3v) is 6.73. The molecular weight excluding hydrogens is 487 g/mol. The van der Waals surface area contributed by atoms with Crippen molar-refractivity contribution in [3.05, 3.63) is 77.0 Å². The first-order valence-electron chi connectivity index (χ1n) is 11.9. The van der Waals surface area contributed by atoms with E-state index in [2.05, 4.69) is 11.6 Å². The molecule has 36 heavy (non-hydrogen) atoms. The number of allylic oxidation sites excluding steroid dienone is 1. The van der Waals surface area contributed by atoms with E-state index in [0.29, 0.717) is 30.0 Å². The van der Waals surface area contributed by atoms with Crippen molar-refractivity contribution in [1.29, 1.82) is 0 Å². The van der Waals surface area contributed by atoms with Crippen molar-refractivity contribution in [3.63, 3.8) is 0 Å². The van der Waals surface area contributed by atoms with Crippen LogP contribution >= 0.6 is 11.8 Å². The first kappa shape index (κ1) is 31.3. The van der Waals surface area contributed by atoms with Crippen molar-refractivity contribution >= 4 is 23.6 Å². The van der Waals surface area contributed by atoms with Gasteiger partial charge in [0.1, 0.15) is 0 Å². The van der Waals surface area contributed by atoms with Gasteiger partial charge in [0.25, 0.3) is 0 Å². The van der Waals surface area contributed by atoms with Crippen molar-refractivity contribution in [2.24, 2.45) is 10.4 Å². The number of hydrogen-bond acceptors (Lipinski definition) is 4. The highest BCUT2D eigenvalue weighted by atomic mass is 32.2. The number of carboxylic acids is 1. The molecule has 0 aliphatic heterocycles. The Hall–Kier alpha value is -2.74. The van der Waals surface area contributed by atoms with Gasteiger partial charge in [0.15, 0.2) is 0 Å². The SMILES string of the molecule is C=C(N=C(OCC)c1ccc(C(F)(F)F)cc1)C(C)(C)CSc1ccc(CCC(=O)O)c(C)c1.CC. The second-order valence-electron chi connectivity index (χ2n) is 8.53. The zero-order chi connectivity index (χ0) is 27.5. The van der Waals surface area contributed by atoms with Gasteiger partial charge in [-0.25, -0.2) is 4.99 Å². The summed E-state index contributed by atoms with van der Waals surface area (Å²) in [5.74, 6) is 0.0784. The van der Waals surface area contributed by atoms with Gasteiger partial charge in [0, 0.05) is 33.7 Å². The van der Waals surface area contributed by atoms with Crippen LogP contribution in [-0.2, 0) is 22.1 Å². The predicted molar refractivity (Wildman–Crippen MR) is 142 cm³/mol. The van der Waals surface area contributed by atoms with Gasteiger partial charge in [-0.1, -0.05) is 40.3 Å². The molecule has 0 bridgehead atoms. The summed E-state index contributed by atoms with van der Waals surface area (Å²) in [6.45, 7) is 16.2. The van der Waals surface area contributed by atoms with Crippen molar-refractivity contribution in [1.82, 2.24) is 0 Å². The molecule has 0 amide bonds. The molecule has 198 valence electrons. The quantitative estimate of drug-likeness (QED) is 0.194. The number of ether oxygens (including phenoxy) is 1. The van der Waals surface area contributed by atoms with Crippen LogP contribution in [0.1, 0.15) is 63.3 Å². The standard InChI is InChI=1S/C26H30F3NO3S.C2H6/c1-6-33-24(20-7-11-21(12-8-20)26(27,28)29)30-18(3)25(4,5)16-34-22-13-9-19(17(2)15-22)10-14-23(31)32;1-2/h7-9,11-13,15H,3,6,10,14,16H2,1-2,4-5H3,(H,31,32);1-2H3. The number of halogens is 3. The first-order valence-corrected chi connectivity index (χ1v) is 12.8. The van der Waals surface area contributed by atoms with E-state index in [1.54, 1.807) is 18.7 Å². The molecule has 0 saturated carbocycles. The first-order chi connectivity index (χ1) is 16.8. The molecule has 8 heteroatoms. The number of carbonyl (C=O) groups is 1. The zero-order valence-electron chi connectivity index (χ0n) is 21.8. The highest BCUT2D eigenvalue weighted by Gasteiger charge is 2.30. The molecule has 0 unspecified atom stereocenters. The average molecular weight is 524 g/mol. The Balaban J connectivity index is 0.00000316. The summed E-state index contributed by atoms with van der Waals surface area (Å²) in [4.78, 5) is 16.4. The van der Waals surface area contributed by atoms with E-state index < -0.39 is 23.1 Å². The van der Waals surface area contributed by atoms with Crippen LogP contribution in [0, 0.1) is 12.3 Å². The van der Waals surface area contributed by atoms with Gasteiger partial charge >= 0.3 is 12.1 Å². The summed E-state index contributed by atoms with van der Waals surface area (Å²) in [5.41, 5.74) is 1.91. The largest absolute Gasteiger partial charge is 0.481 e. The van der Waals surface area contributed by atoms with Crippen LogP contribution in [0.3, 0.4) is 0 Å². The number of aryl methyl sites for hydroxylation is 2. The number of thioether (sulfide) groups is 1. The lowest BCUT2D eigenvalue weighted by Gasteiger charge is -2.25. The molecular formula is C28H36F3NO3S. The third kappa shape index (κ3) is 9.72. The van der Waals surface area contributed by atoms with Gasteiger partial charge in [-0.05, 0) is 67.8 Å². The lowest BCUT2D eigenvalue weighted by Crippen LogP contribution is -2.19. The number of benzene rings is 2. The monoisotopic (exact) mass is 523 g/mol. The van der Waals surface area contributed by atoms with Crippen LogP contribution in [0.2, 0.25) is 0 Å². The summed E-state index contributed by atoms with van der Waals surface area (Å²) >= 11 is 1.63. The highest BCUT2D eigenvalue weighted by molar-refractivity contribution is 7.99. The molecule has 2 rings (SSSR count). The summed E-state index contributed by atoms with van der Waals surface area (Å²) in [7, 11) is 0. The van der Waals surface area contributed by atoms with E-state index in [1.165, 1.54) is 12.1 Å². The zero-order valence-corrected chi connectivity index (χ0v) is 22.6.